The first-order valence-electron chi connectivity index (χ1n) is 8.11. The molecule has 2 aliphatic rings. The van der Waals surface area contributed by atoms with Gasteiger partial charge < -0.3 is 14.4 Å². The predicted molar refractivity (Wildman–Crippen MR) is 87.5 cm³/mol. The number of para-hydroxylation sites is 1. The molecule has 0 radical (unpaired) electrons. The number of likely N-dealkylation sites (tertiary alicyclic amines) is 2. The van der Waals surface area contributed by atoms with E-state index in [0.717, 1.165) is 37.1 Å². The summed E-state index contributed by atoms with van der Waals surface area (Å²) in [5.74, 6) is -0.231. The molecule has 3 heterocycles. The molecular formula is C18H22N2O3. The Labute approximate surface area is 135 Å². The van der Waals surface area contributed by atoms with Gasteiger partial charge in [0.2, 0.25) is 5.76 Å². The van der Waals surface area contributed by atoms with Crippen molar-refractivity contribution in [2.45, 2.75) is 13.5 Å². The van der Waals surface area contributed by atoms with Crippen molar-refractivity contribution in [2.24, 2.45) is 11.3 Å². The Morgan fingerprint density at radius 3 is 2.87 bits per heavy atom. The lowest BCUT2D eigenvalue weighted by molar-refractivity contribution is 0.0662. The number of carboxylic acid groups (broad SMARTS) is 1. The lowest BCUT2D eigenvalue weighted by atomic mass is 9.83. The van der Waals surface area contributed by atoms with Gasteiger partial charge in [-0.1, -0.05) is 25.1 Å². The number of benzene rings is 1. The number of fused-ring (bicyclic) bond motifs is 2. The standard InChI is InChI=1S/C18H22N2O3/c1-18-10-19(2)7-12(18)8-20(11-18)9-14-13-5-3-4-6-15(13)23-16(14)17(21)22/h3-6,12H,7-11H2,1-2H3,(H,21,22)/t12-,18+/m1/s1. The average Bonchev–Trinajstić information content (AvgIpc) is 3.06. The summed E-state index contributed by atoms with van der Waals surface area (Å²) in [6.07, 6.45) is 0. The molecule has 122 valence electrons. The molecular weight excluding hydrogens is 292 g/mol. The highest BCUT2D eigenvalue weighted by atomic mass is 16.4. The first-order chi connectivity index (χ1) is 11.0. The monoisotopic (exact) mass is 314 g/mol. The van der Waals surface area contributed by atoms with Crippen LogP contribution in [-0.4, -0.2) is 54.1 Å². The van der Waals surface area contributed by atoms with Crippen LogP contribution in [0.4, 0.5) is 0 Å². The van der Waals surface area contributed by atoms with E-state index in [0.29, 0.717) is 23.5 Å². The number of carboxylic acids is 1. The van der Waals surface area contributed by atoms with Gasteiger partial charge in [-0.2, -0.15) is 0 Å². The Hall–Kier alpha value is -1.85. The molecule has 2 saturated heterocycles. The zero-order valence-electron chi connectivity index (χ0n) is 13.6. The summed E-state index contributed by atoms with van der Waals surface area (Å²) >= 11 is 0. The van der Waals surface area contributed by atoms with Crippen LogP contribution in [0.5, 0.6) is 0 Å². The molecule has 0 aliphatic carbocycles. The fraction of sp³-hybridized carbons (Fsp3) is 0.500. The van der Waals surface area contributed by atoms with E-state index in [2.05, 4.69) is 23.8 Å². The highest BCUT2D eigenvalue weighted by Gasteiger charge is 2.48. The topological polar surface area (TPSA) is 56.9 Å². The lowest BCUT2D eigenvalue weighted by Gasteiger charge is -2.24. The smallest absolute Gasteiger partial charge is 0.372 e. The summed E-state index contributed by atoms with van der Waals surface area (Å²) in [6, 6.07) is 7.59. The Morgan fingerprint density at radius 2 is 2.13 bits per heavy atom. The maximum Gasteiger partial charge on any atom is 0.372 e. The molecule has 0 saturated carbocycles. The van der Waals surface area contributed by atoms with Crippen molar-refractivity contribution in [2.75, 3.05) is 33.2 Å². The van der Waals surface area contributed by atoms with Crippen molar-refractivity contribution in [1.29, 1.82) is 0 Å². The second-order valence-electron chi connectivity index (χ2n) is 7.43. The van der Waals surface area contributed by atoms with Gasteiger partial charge in [-0.25, -0.2) is 4.79 Å². The van der Waals surface area contributed by atoms with E-state index in [1.165, 1.54) is 0 Å². The van der Waals surface area contributed by atoms with Crippen molar-refractivity contribution in [3.05, 3.63) is 35.6 Å². The quantitative estimate of drug-likeness (QED) is 0.943. The largest absolute Gasteiger partial charge is 0.475 e. The van der Waals surface area contributed by atoms with E-state index in [1.807, 2.05) is 24.3 Å². The number of rotatable bonds is 3. The second-order valence-corrected chi connectivity index (χ2v) is 7.43. The third-order valence-electron chi connectivity index (χ3n) is 5.49. The minimum atomic E-state index is -0.985. The Balaban J connectivity index is 1.64. The minimum Gasteiger partial charge on any atom is -0.475 e. The zero-order valence-corrected chi connectivity index (χ0v) is 13.6. The number of hydrogen-bond donors (Lipinski definition) is 1. The van der Waals surface area contributed by atoms with Crippen molar-refractivity contribution in [3.63, 3.8) is 0 Å². The molecule has 4 rings (SSSR count). The van der Waals surface area contributed by atoms with Crippen molar-refractivity contribution in [3.8, 4) is 0 Å². The normalized spacial score (nSPS) is 28.5. The van der Waals surface area contributed by atoms with Crippen LogP contribution < -0.4 is 0 Å². The molecule has 0 unspecified atom stereocenters. The highest BCUT2D eigenvalue weighted by Crippen LogP contribution is 2.42. The molecule has 2 aromatic rings. The first kappa shape index (κ1) is 14.7. The number of aromatic carboxylic acids is 1. The highest BCUT2D eigenvalue weighted by molar-refractivity contribution is 5.95. The third kappa shape index (κ3) is 2.35. The van der Waals surface area contributed by atoms with E-state index >= 15 is 0 Å². The summed E-state index contributed by atoms with van der Waals surface area (Å²) in [5, 5.41) is 10.4. The summed E-state index contributed by atoms with van der Waals surface area (Å²) in [6.45, 7) is 7.29. The summed E-state index contributed by atoms with van der Waals surface area (Å²) in [7, 11) is 2.18. The molecule has 0 bridgehead atoms. The minimum absolute atomic E-state index is 0.0885. The molecule has 0 spiro atoms. The van der Waals surface area contributed by atoms with Crippen LogP contribution >= 0.6 is 0 Å². The molecule has 5 nitrogen and oxygen atoms in total. The lowest BCUT2D eigenvalue weighted by Crippen LogP contribution is -2.30. The van der Waals surface area contributed by atoms with Gasteiger partial charge in [-0.05, 0) is 24.4 Å². The van der Waals surface area contributed by atoms with Crippen LogP contribution in [0.2, 0.25) is 0 Å². The number of nitrogens with zero attached hydrogens (tertiary/aromatic N) is 2. The number of carbonyl (C=O) groups is 1. The van der Waals surface area contributed by atoms with E-state index in [-0.39, 0.29) is 5.76 Å². The Bertz CT molecular complexity index is 769. The first-order valence-corrected chi connectivity index (χ1v) is 8.11. The van der Waals surface area contributed by atoms with Gasteiger partial charge in [-0.15, -0.1) is 0 Å². The van der Waals surface area contributed by atoms with Gasteiger partial charge >= 0.3 is 5.97 Å². The molecule has 2 atom stereocenters. The van der Waals surface area contributed by atoms with Gasteiger partial charge in [0.15, 0.2) is 0 Å². The Morgan fingerprint density at radius 1 is 1.35 bits per heavy atom. The molecule has 2 aliphatic heterocycles. The van der Waals surface area contributed by atoms with Crippen molar-refractivity contribution in [1.82, 2.24) is 9.80 Å². The van der Waals surface area contributed by atoms with E-state index in [4.69, 9.17) is 4.42 Å². The van der Waals surface area contributed by atoms with E-state index in [1.54, 1.807) is 0 Å². The zero-order chi connectivity index (χ0) is 16.2. The van der Waals surface area contributed by atoms with E-state index in [9.17, 15) is 9.90 Å². The fourth-order valence-electron chi connectivity index (χ4n) is 4.52. The van der Waals surface area contributed by atoms with Gasteiger partial charge in [0.1, 0.15) is 5.58 Å². The van der Waals surface area contributed by atoms with Gasteiger partial charge in [0.05, 0.1) is 0 Å². The molecule has 0 amide bonds. The van der Waals surface area contributed by atoms with Gasteiger partial charge in [0.25, 0.3) is 0 Å². The van der Waals surface area contributed by atoms with E-state index < -0.39 is 5.97 Å². The third-order valence-corrected chi connectivity index (χ3v) is 5.49. The van der Waals surface area contributed by atoms with Crippen LogP contribution in [0.1, 0.15) is 23.0 Å². The maximum atomic E-state index is 11.5. The summed E-state index contributed by atoms with van der Waals surface area (Å²) in [5.41, 5.74) is 1.78. The van der Waals surface area contributed by atoms with Crippen molar-refractivity contribution >= 4 is 16.9 Å². The van der Waals surface area contributed by atoms with Crippen LogP contribution in [-0.2, 0) is 6.54 Å². The average molecular weight is 314 g/mol. The molecule has 5 heteroatoms. The molecule has 1 aromatic carbocycles. The van der Waals surface area contributed by atoms with Crippen molar-refractivity contribution < 1.29 is 14.3 Å². The second kappa shape index (κ2) is 5.08. The van der Waals surface area contributed by atoms with Crippen LogP contribution in [0.15, 0.2) is 28.7 Å². The summed E-state index contributed by atoms with van der Waals surface area (Å²) in [4.78, 5) is 16.3. The maximum absolute atomic E-state index is 11.5. The van der Waals surface area contributed by atoms with Gasteiger partial charge in [0, 0.05) is 43.7 Å². The Kier molecular flexibility index (Phi) is 3.25. The SMILES string of the molecule is CN1C[C@@H]2CN(Cc3c(C(=O)O)oc4ccccc34)C[C@]2(C)C1. The van der Waals surface area contributed by atoms with Crippen LogP contribution in [0, 0.1) is 11.3 Å². The van der Waals surface area contributed by atoms with Gasteiger partial charge in [-0.3, -0.25) is 4.90 Å². The molecule has 1 aromatic heterocycles. The number of hydrogen-bond acceptors (Lipinski definition) is 4. The van der Waals surface area contributed by atoms with Crippen LogP contribution in [0.3, 0.4) is 0 Å². The fourth-order valence-corrected chi connectivity index (χ4v) is 4.52. The van der Waals surface area contributed by atoms with Crippen LogP contribution in [0.25, 0.3) is 11.0 Å². The molecule has 2 fully saturated rings. The summed E-state index contributed by atoms with van der Waals surface area (Å²) < 4.78 is 5.57. The molecule has 1 N–H and O–H groups in total. The predicted octanol–water partition coefficient (Wildman–Crippen LogP) is 2.51. The number of furan rings is 1. The molecule has 23 heavy (non-hydrogen) atoms.